The van der Waals surface area contributed by atoms with E-state index in [0.717, 1.165) is 36.5 Å². The standard InChI is InChI=1S/C13H12N4OS/c1-2-11(18-6-1)12-15-13-14-5-3-10(17(13)16-12)9-4-7-19-8-9/h3-5,7-8,11H,1-2,6H2. The van der Waals surface area contributed by atoms with Crippen molar-refractivity contribution in [1.29, 1.82) is 0 Å². The summed E-state index contributed by atoms with van der Waals surface area (Å²) < 4.78 is 7.44. The SMILES string of the molecule is c1cc(-c2ccsc2)n2nc(C3CCCO3)nc2n1. The zero-order valence-corrected chi connectivity index (χ0v) is 11.0. The molecule has 5 nitrogen and oxygen atoms in total. The first kappa shape index (κ1) is 11.1. The lowest BCUT2D eigenvalue weighted by Crippen LogP contribution is -1.99. The third-order valence-corrected chi connectivity index (χ3v) is 3.97. The van der Waals surface area contributed by atoms with Gasteiger partial charge in [-0.05, 0) is 30.4 Å². The monoisotopic (exact) mass is 272 g/mol. The van der Waals surface area contributed by atoms with Crippen LogP contribution in [0.3, 0.4) is 0 Å². The van der Waals surface area contributed by atoms with Crippen molar-refractivity contribution in [2.75, 3.05) is 6.61 Å². The highest BCUT2D eigenvalue weighted by atomic mass is 32.1. The zero-order chi connectivity index (χ0) is 12.7. The maximum Gasteiger partial charge on any atom is 0.253 e. The minimum Gasteiger partial charge on any atom is -0.370 e. The highest BCUT2D eigenvalue weighted by Crippen LogP contribution is 2.27. The molecule has 0 aliphatic carbocycles. The van der Waals surface area contributed by atoms with Gasteiger partial charge in [-0.1, -0.05) is 0 Å². The van der Waals surface area contributed by atoms with E-state index in [0.29, 0.717) is 5.78 Å². The summed E-state index contributed by atoms with van der Waals surface area (Å²) in [7, 11) is 0. The quantitative estimate of drug-likeness (QED) is 0.719. The van der Waals surface area contributed by atoms with Crippen LogP contribution in [0.2, 0.25) is 0 Å². The predicted octanol–water partition coefficient (Wildman–Crippen LogP) is 2.70. The van der Waals surface area contributed by atoms with Crippen LogP contribution in [0.5, 0.6) is 0 Å². The van der Waals surface area contributed by atoms with Gasteiger partial charge in [-0.3, -0.25) is 0 Å². The highest BCUT2D eigenvalue weighted by Gasteiger charge is 2.23. The summed E-state index contributed by atoms with van der Waals surface area (Å²) in [5, 5.41) is 8.73. The summed E-state index contributed by atoms with van der Waals surface area (Å²) in [5.74, 6) is 1.38. The highest BCUT2D eigenvalue weighted by molar-refractivity contribution is 7.08. The van der Waals surface area contributed by atoms with E-state index in [2.05, 4.69) is 31.9 Å². The number of fused-ring (bicyclic) bond motifs is 1. The Balaban J connectivity index is 1.86. The Morgan fingerprint density at radius 1 is 1.37 bits per heavy atom. The summed E-state index contributed by atoms with van der Waals surface area (Å²) in [6.45, 7) is 0.797. The molecule has 96 valence electrons. The molecule has 1 aliphatic heterocycles. The molecular weight excluding hydrogens is 260 g/mol. The van der Waals surface area contributed by atoms with Crippen LogP contribution in [-0.4, -0.2) is 26.2 Å². The molecule has 4 rings (SSSR count). The van der Waals surface area contributed by atoms with Gasteiger partial charge in [0.05, 0.1) is 5.69 Å². The number of thiophene rings is 1. The molecule has 0 spiro atoms. The fraction of sp³-hybridized carbons (Fsp3) is 0.308. The number of ether oxygens (including phenoxy) is 1. The van der Waals surface area contributed by atoms with E-state index in [4.69, 9.17) is 4.74 Å². The Kier molecular flexibility index (Phi) is 2.56. The van der Waals surface area contributed by atoms with E-state index in [1.54, 1.807) is 22.0 Å². The van der Waals surface area contributed by atoms with Gasteiger partial charge in [0.15, 0.2) is 5.82 Å². The Bertz CT molecular complexity index is 701. The molecule has 4 heterocycles. The fourth-order valence-electron chi connectivity index (χ4n) is 2.36. The largest absolute Gasteiger partial charge is 0.370 e. The van der Waals surface area contributed by atoms with Gasteiger partial charge in [0.2, 0.25) is 0 Å². The van der Waals surface area contributed by atoms with Crippen LogP contribution in [0.15, 0.2) is 29.1 Å². The average Bonchev–Trinajstić information content (AvgIpc) is 3.18. The number of nitrogens with zero attached hydrogens (tertiary/aromatic N) is 4. The second kappa shape index (κ2) is 4.40. The molecule has 1 fully saturated rings. The predicted molar refractivity (Wildman–Crippen MR) is 72.0 cm³/mol. The van der Waals surface area contributed by atoms with Gasteiger partial charge in [0, 0.05) is 23.7 Å². The van der Waals surface area contributed by atoms with Crippen LogP contribution < -0.4 is 0 Å². The van der Waals surface area contributed by atoms with E-state index >= 15 is 0 Å². The normalized spacial score (nSPS) is 19.3. The maximum atomic E-state index is 5.64. The van der Waals surface area contributed by atoms with E-state index in [-0.39, 0.29) is 6.10 Å². The maximum absolute atomic E-state index is 5.64. The zero-order valence-electron chi connectivity index (χ0n) is 10.2. The molecule has 6 heteroatoms. The number of rotatable bonds is 2. The van der Waals surface area contributed by atoms with E-state index in [1.165, 1.54) is 0 Å². The summed E-state index contributed by atoms with van der Waals surface area (Å²) in [6.07, 6.45) is 3.86. The lowest BCUT2D eigenvalue weighted by molar-refractivity contribution is 0.105. The van der Waals surface area contributed by atoms with Gasteiger partial charge in [-0.25, -0.2) is 4.98 Å². The Labute approximate surface area is 113 Å². The molecule has 1 aliphatic rings. The molecule has 0 radical (unpaired) electrons. The Morgan fingerprint density at radius 3 is 3.16 bits per heavy atom. The van der Waals surface area contributed by atoms with Crippen LogP contribution >= 0.6 is 11.3 Å². The molecule has 1 saturated heterocycles. The second-order valence-electron chi connectivity index (χ2n) is 4.53. The lowest BCUT2D eigenvalue weighted by Gasteiger charge is -2.02. The molecule has 0 N–H and O–H groups in total. The van der Waals surface area contributed by atoms with Crippen molar-refractivity contribution in [3.8, 4) is 11.3 Å². The topological polar surface area (TPSA) is 52.3 Å². The van der Waals surface area contributed by atoms with Gasteiger partial charge in [0.1, 0.15) is 6.10 Å². The summed E-state index contributed by atoms with van der Waals surface area (Å²) >= 11 is 1.67. The first-order valence-corrected chi connectivity index (χ1v) is 7.22. The fourth-order valence-corrected chi connectivity index (χ4v) is 3.01. The molecule has 19 heavy (non-hydrogen) atoms. The first-order chi connectivity index (χ1) is 9.42. The molecule has 3 aromatic heterocycles. The van der Waals surface area contributed by atoms with Gasteiger partial charge in [0.25, 0.3) is 5.78 Å². The van der Waals surface area contributed by atoms with Crippen molar-refractivity contribution in [2.45, 2.75) is 18.9 Å². The second-order valence-corrected chi connectivity index (χ2v) is 5.31. The van der Waals surface area contributed by atoms with Gasteiger partial charge in [-0.15, -0.1) is 5.10 Å². The molecule has 0 amide bonds. The lowest BCUT2D eigenvalue weighted by atomic mass is 10.2. The molecule has 0 saturated carbocycles. The average molecular weight is 272 g/mol. The van der Waals surface area contributed by atoms with Crippen molar-refractivity contribution in [3.05, 3.63) is 34.9 Å². The molecule has 1 atom stereocenters. The van der Waals surface area contributed by atoms with Gasteiger partial charge in [-0.2, -0.15) is 20.8 Å². The smallest absolute Gasteiger partial charge is 0.253 e. The molecule has 1 unspecified atom stereocenters. The number of hydrogen-bond acceptors (Lipinski definition) is 5. The third kappa shape index (κ3) is 1.84. The first-order valence-electron chi connectivity index (χ1n) is 6.28. The van der Waals surface area contributed by atoms with Crippen molar-refractivity contribution >= 4 is 17.1 Å². The van der Waals surface area contributed by atoms with Crippen LogP contribution in [0.1, 0.15) is 24.8 Å². The summed E-state index contributed by atoms with van der Waals surface area (Å²) in [6, 6.07) is 4.04. The molecular formula is C13H12N4OS. The molecule has 3 aromatic rings. The molecule has 0 aromatic carbocycles. The minimum absolute atomic E-state index is 0.0250. The van der Waals surface area contributed by atoms with Crippen molar-refractivity contribution < 1.29 is 4.74 Å². The van der Waals surface area contributed by atoms with E-state index < -0.39 is 0 Å². The third-order valence-electron chi connectivity index (χ3n) is 3.29. The van der Waals surface area contributed by atoms with Crippen LogP contribution in [0, 0.1) is 0 Å². The van der Waals surface area contributed by atoms with Crippen molar-refractivity contribution in [3.63, 3.8) is 0 Å². The van der Waals surface area contributed by atoms with Crippen LogP contribution in [-0.2, 0) is 4.74 Å². The van der Waals surface area contributed by atoms with Gasteiger partial charge >= 0.3 is 0 Å². The summed E-state index contributed by atoms with van der Waals surface area (Å²) in [4.78, 5) is 8.77. The number of hydrogen-bond donors (Lipinski definition) is 0. The number of aromatic nitrogens is 4. The van der Waals surface area contributed by atoms with Crippen molar-refractivity contribution in [2.24, 2.45) is 0 Å². The Morgan fingerprint density at radius 2 is 2.37 bits per heavy atom. The Hall–Kier alpha value is -1.79. The molecule has 0 bridgehead atoms. The van der Waals surface area contributed by atoms with Crippen LogP contribution in [0.25, 0.3) is 17.0 Å². The van der Waals surface area contributed by atoms with Crippen molar-refractivity contribution in [1.82, 2.24) is 19.6 Å². The minimum atomic E-state index is 0.0250. The van der Waals surface area contributed by atoms with E-state index in [9.17, 15) is 0 Å². The van der Waals surface area contributed by atoms with E-state index in [1.807, 2.05) is 6.07 Å². The van der Waals surface area contributed by atoms with Crippen LogP contribution in [0.4, 0.5) is 0 Å². The van der Waals surface area contributed by atoms with Gasteiger partial charge < -0.3 is 4.74 Å². The summed E-state index contributed by atoms with van der Waals surface area (Å²) in [5.41, 5.74) is 2.16.